The van der Waals surface area contributed by atoms with Gasteiger partial charge >= 0.3 is 0 Å². The zero-order valence-electron chi connectivity index (χ0n) is 13.3. The standard InChI is InChI=1S/C17H22N2O3/c1-12(14-7-6-13(21-2)10-15(14)22-3)19-16(20)17(11-18)8-4-5-9-17/h6-7,10,12H,4-5,8-9H2,1-3H3,(H,19,20). The topological polar surface area (TPSA) is 71.3 Å². The molecule has 1 N–H and O–H groups in total. The molecule has 1 aromatic carbocycles. The van der Waals surface area contributed by atoms with Crippen LogP contribution < -0.4 is 14.8 Å². The van der Waals surface area contributed by atoms with Gasteiger partial charge in [-0.15, -0.1) is 0 Å². The third-order valence-electron chi connectivity index (χ3n) is 4.36. The highest BCUT2D eigenvalue weighted by molar-refractivity contribution is 5.86. The summed E-state index contributed by atoms with van der Waals surface area (Å²) >= 11 is 0. The number of ether oxygens (including phenoxy) is 2. The van der Waals surface area contributed by atoms with E-state index in [0.29, 0.717) is 24.3 Å². The zero-order chi connectivity index (χ0) is 16.2. The Hall–Kier alpha value is -2.22. The fourth-order valence-corrected chi connectivity index (χ4v) is 2.96. The number of carbonyl (C=O) groups excluding carboxylic acids is 1. The van der Waals surface area contributed by atoms with Gasteiger partial charge in [-0.1, -0.05) is 12.8 Å². The quantitative estimate of drug-likeness (QED) is 0.907. The highest BCUT2D eigenvalue weighted by atomic mass is 16.5. The molecule has 1 aromatic rings. The van der Waals surface area contributed by atoms with Crippen LogP contribution in [-0.4, -0.2) is 20.1 Å². The summed E-state index contributed by atoms with van der Waals surface area (Å²) in [7, 11) is 3.18. The predicted octanol–water partition coefficient (Wildman–Crippen LogP) is 2.96. The first-order valence-electron chi connectivity index (χ1n) is 7.50. The maximum atomic E-state index is 12.5. The minimum absolute atomic E-state index is 0.183. The van der Waals surface area contributed by atoms with Crippen LogP contribution in [0.2, 0.25) is 0 Å². The molecule has 0 radical (unpaired) electrons. The molecule has 1 atom stereocenters. The van der Waals surface area contributed by atoms with E-state index in [1.54, 1.807) is 20.3 Å². The summed E-state index contributed by atoms with van der Waals surface area (Å²) < 4.78 is 10.5. The molecular weight excluding hydrogens is 280 g/mol. The molecule has 22 heavy (non-hydrogen) atoms. The van der Waals surface area contributed by atoms with Gasteiger partial charge in [0.15, 0.2) is 0 Å². The largest absolute Gasteiger partial charge is 0.497 e. The Morgan fingerprint density at radius 1 is 1.32 bits per heavy atom. The lowest BCUT2D eigenvalue weighted by Crippen LogP contribution is -2.39. The second kappa shape index (κ2) is 6.69. The Balaban J connectivity index is 2.17. The highest BCUT2D eigenvalue weighted by Gasteiger charge is 2.42. The summed E-state index contributed by atoms with van der Waals surface area (Å²) in [4.78, 5) is 12.5. The van der Waals surface area contributed by atoms with Crippen molar-refractivity contribution in [1.82, 2.24) is 5.32 Å². The van der Waals surface area contributed by atoms with E-state index in [4.69, 9.17) is 9.47 Å². The number of amides is 1. The summed E-state index contributed by atoms with van der Waals surface area (Å²) in [5.41, 5.74) is -0.00345. The van der Waals surface area contributed by atoms with Crippen molar-refractivity contribution >= 4 is 5.91 Å². The third-order valence-corrected chi connectivity index (χ3v) is 4.36. The Morgan fingerprint density at radius 2 is 2.00 bits per heavy atom. The van der Waals surface area contributed by atoms with Gasteiger partial charge in [-0.05, 0) is 31.9 Å². The van der Waals surface area contributed by atoms with E-state index >= 15 is 0 Å². The van der Waals surface area contributed by atoms with Gasteiger partial charge in [-0.2, -0.15) is 5.26 Å². The number of hydrogen-bond acceptors (Lipinski definition) is 4. The van der Waals surface area contributed by atoms with Crippen LogP contribution in [0.5, 0.6) is 11.5 Å². The molecule has 118 valence electrons. The summed E-state index contributed by atoms with van der Waals surface area (Å²) in [6.45, 7) is 1.89. The number of methoxy groups -OCH3 is 2. The second-order valence-corrected chi connectivity index (χ2v) is 5.70. The van der Waals surface area contributed by atoms with Gasteiger partial charge < -0.3 is 14.8 Å². The number of nitrogens with one attached hydrogen (secondary N) is 1. The van der Waals surface area contributed by atoms with Crippen LogP contribution in [-0.2, 0) is 4.79 Å². The van der Waals surface area contributed by atoms with Gasteiger partial charge in [-0.3, -0.25) is 4.79 Å². The first-order chi connectivity index (χ1) is 10.6. The van der Waals surface area contributed by atoms with Gasteiger partial charge in [0.2, 0.25) is 5.91 Å². The van der Waals surface area contributed by atoms with Crippen molar-refractivity contribution in [2.75, 3.05) is 14.2 Å². The van der Waals surface area contributed by atoms with Crippen LogP contribution in [0.3, 0.4) is 0 Å². The lowest BCUT2D eigenvalue weighted by Gasteiger charge is -2.24. The van der Waals surface area contributed by atoms with Gasteiger partial charge in [0.1, 0.15) is 16.9 Å². The van der Waals surface area contributed by atoms with Crippen LogP contribution in [0.1, 0.15) is 44.2 Å². The molecule has 0 bridgehead atoms. The van der Waals surface area contributed by atoms with Gasteiger partial charge in [0.05, 0.1) is 26.3 Å². The summed E-state index contributed by atoms with van der Waals surface area (Å²) in [5.74, 6) is 1.17. The van der Waals surface area contributed by atoms with Crippen LogP contribution in [0.15, 0.2) is 18.2 Å². The fraction of sp³-hybridized carbons (Fsp3) is 0.529. The number of benzene rings is 1. The molecule has 0 spiro atoms. The molecule has 2 rings (SSSR count). The first kappa shape index (κ1) is 16.2. The normalized spacial score (nSPS) is 17.4. The Morgan fingerprint density at radius 3 is 2.55 bits per heavy atom. The average Bonchev–Trinajstić information content (AvgIpc) is 3.04. The van der Waals surface area contributed by atoms with Gasteiger partial charge in [0, 0.05) is 11.6 Å². The van der Waals surface area contributed by atoms with Crippen molar-refractivity contribution in [3.8, 4) is 17.6 Å². The van der Waals surface area contributed by atoms with Crippen molar-refractivity contribution in [2.45, 2.75) is 38.6 Å². The lowest BCUT2D eigenvalue weighted by molar-refractivity contribution is -0.128. The van der Waals surface area contributed by atoms with Crippen molar-refractivity contribution in [3.05, 3.63) is 23.8 Å². The lowest BCUT2D eigenvalue weighted by atomic mass is 9.86. The van der Waals surface area contributed by atoms with Crippen molar-refractivity contribution < 1.29 is 14.3 Å². The molecule has 1 aliphatic carbocycles. The Kier molecular flexibility index (Phi) is 4.92. The van der Waals surface area contributed by atoms with Crippen LogP contribution in [0, 0.1) is 16.7 Å². The summed E-state index contributed by atoms with van der Waals surface area (Å²) in [6.07, 6.45) is 3.14. The number of rotatable bonds is 5. The number of nitriles is 1. The van der Waals surface area contributed by atoms with Gasteiger partial charge in [0.25, 0.3) is 0 Å². The number of carbonyl (C=O) groups is 1. The third kappa shape index (κ3) is 3.01. The average molecular weight is 302 g/mol. The van der Waals surface area contributed by atoms with E-state index in [1.807, 2.05) is 19.1 Å². The minimum Gasteiger partial charge on any atom is -0.497 e. The molecular formula is C17H22N2O3. The van der Waals surface area contributed by atoms with Crippen LogP contribution in [0.25, 0.3) is 0 Å². The van der Waals surface area contributed by atoms with E-state index in [2.05, 4.69) is 11.4 Å². The molecule has 5 nitrogen and oxygen atoms in total. The van der Waals surface area contributed by atoms with Gasteiger partial charge in [-0.25, -0.2) is 0 Å². The molecule has 1 fully saturated rings. The molecule has 1 unspecified atom stereocenters. The zero-order valence-corrected chi connectivity index (χ0v) is 13.3. The van der Waals surface area contributed by atoms with Crippen LogP contribution in [0.4, 0.5) is 0 Å². The van der Waals surface area contributed by atoms with E-state index < -0.39 is 5.41 Å². The summed E-state index contributed by atoms with van der Waals surface area (Å²) in [6, 6.07) is 7.47. The fourth-order valence-electron chi connectivity index (χ4n) is 2.96. The van der Waals surface area contributed by atoms with E-state index in [-0.39, 0.29) is 11.9 Å². The van der Waals surface area contributed by atoms with E-state index in [9.17, 15) is 10.1 Å². The molecule has 1 amide bonds. The minimum atomic E-state index is -0.867. The Labute approximate surface area is 131 Å². The maximum Gasteiger partial charge on any atom is 0.240 e. The van der Waals surface area contributed by atoms with Crippen LogP contribution >= 0.6 is 0 Å². The highest BCUT2D eigenvalue weighted by Crippen LogP contribution is 2.38. The smallest absolute Gasteiger partial charge is 0.240 e. The Bertz CT molecular complexity index is 586. The molecule has 5 heteroatoms. The van der Waals surface area contributed by atoms with E-state index in [0.717, 1.165) is 18.4 Å². The number of hydrogen-bond donors (Lipinski definition) is 1. The maximum absolute atomic E-state index is 12.5. The second-order valence-electron chi connectivity index (χ2n) is 5.70. The molecule has 1 aliphatic rings. The monoisotopic (exact) mass is 302 g/mol. The van der Waals surface area contributed by atoms with Crippen molar-refractivity contribution in [1.29, 1.82) is 5.26 Å². The van der Waals surface area contributed by atoms with Crippen molar-refractivity contribution in [2.24, 2.45) is 5.41 Å². The van der Waals surface area contributed by atoms with E-state index in [1.165, 1.54) is 0 Å². The molecule has 1 saturated carbocycles. The molecule has 0 saturated heterocycles. The predicted molar refractivity (Wildman–Crippen MR) is 82.6 cm³/mol. The number of nitrogens with zero attached hydrogens (tertiary/aromatic N) is 1. The first-order valence-corrected chi connectivity index (χ1v) is 7.50. The molecule has 0 heterocycles. The molecule has 0 aliphatic heterocycles. The summed E-state index contributed by atoms with van der Waals surface area (Å²) in [5, 5.41) is 12.3. The SMILES string of the molecule is COc1ccc(C(C)NC(=O)C2(C#N)CCCC2)c(OC)c1. The van der Waals surface area contributed by atoms with Crippen molar-refractivity contribution in [3.63, 3.8) is 0 Å². The molecule has 0 aromatic heterocycles.